The van der Waals surface area contributed by atoms with E-state index in [9.17, 15) is 4.79 Å². The van der Waals surface area contributed by atoms with Crippen LogP contribution in [0.15, 0.2) is 120 Å². The van der Waals surface area contributed by atoms with Crippen molar-refractivity contribution in [2.24, 2.45) is 0 Å². The fourth-order valence-corrected chi connectivity index (χ4v) is 4.51. The maximum atomic E-state index is 12.7. The van der Waals surface area contributed by atoms with Crippen molar-refractivity contribution in [3.63, 3.8) is 0 Å². The number of hydrogen-bond acceptors (Lipinski definition) is 5. The minimum Gasteiger partial charge on any atom is -0.489 e. The number of nitrogens with one attached hydrogen (secondary N) is 2. The van der Waals surface area contributed by atoms with E-state index in [1.165, 1.54) is 0 Å². The molecule has 0 fully saturated rings. The van der Waals surface area contributed by atoms with E-state index >= 15 is 0 Å². The SMILES string of the molecule is O=C(NC(=S)Nc1cccc(-c2nc3c(ccc4ccccc43)o2)c1)c1ccc(OCc2ccccc2)cc1. The Bertz CT molecular complexity index is 1800. The van der Waals surface area contributed by atoms with Crippen LogP contribution in [0.25, 0.3) is 33.3 Å². The van der Waals surface area contributed by atoms with Crippen LogP contribution in [0.2, 0.25) is 0 Å². The Kier molecular flexibility index (Phi) is 6.72. The number of hydrogen-bond donors (Lipinski definition) is 2. The number of thiocarbonyl (C=S) groups is 1. The lowest BCUT2D eigenvalue weighted by Gasteiger charge is -2.11. The molecule has 0 unspecified atom stereocenters. The molecular formula is C32H23N3O3S. The van der Waals surface area contributed by atoms with Gasteiger partial charge in [0.1, 0.15) is 17.9 Å². The molecule has 0 aliphatic heterocycles. The van der Waals surface area contributed by atoms with Crippen LogP contribution in [0, 0.1) is 0 Å². The molecule has 190 valence electrons. The summed E-state index contributed by atoms with van der Waals surface area (Å²) in [5.74, 6) is 0.874. The monoisotopic (exact) mass is 529 g/mol. The zero-order valence-corrected chi connectivity index (χ0v) is 21.6. The van der Waals surface area contributed by atoms with Crippen molar-refractivity contribution >= 4 is 50.8 Å². The fraction of sp³-hybridized carbons (Fsp3) is 0.0312. The van der Waals surface area contributed by atoms with Gasteiger partial charge in [0.25, 0.3) is 5.91 Å². The van der Waals surface area contributed by atoms with Gasteiger partial charge < -0.3 is 14.5 Å². The summed E-state index contributed by atoms with van der Waals surface area (Å²) in [4.78, 5) is 17.5. The molecule has 6 rings (SSSR count). The molecular weight excluding hydrogens is 506 g/mol. The second-order valence-electron chi connectivity index (χ2n) is 8.94. The number of anilines is 1. The molecule has 0 radical (unpaired) electrons. The number of amides is 1. The molecule has 0 saturated heterocycles. The van der Waals surface area contributed by atoms with Crippen molar-refractivity contribution in [1.82, 2.24) is 10.3 Å². The summed E-state index contributed by atoms with van der Waals surface area (Å²) >= 11 is 5.39. The normalized spacial score (nSPS) is 10.9. The van der Waals surface area contributed by atoms with E-state index in [2.05, 4.69) is 16.7 Å². The van der Waals surface area contributed by atoms with Gasteiger partial charge >= 0.3 is 0 Å². The minimum absolute atomic E-state index is 0.185. The highest BCUT2D eigenvalue weighted by Gasteiger charge is 2.13. The Morgan fingerprint density at radius 1 is 0.846 bits per heavy atom. The predicted molar refractivity (Wildman–Crippen MR) is 158 cm³/mol. The van der Waals surface area contributed by atoms with Gasteiger partial charge in [0.2, 0.25) is 5.89 Å². The first-order chi connectivity index (χ1) is 19.1. The third kappa shape index (κ3) is 5.49. The van der Waals surface area contributed by atoms with Crippen molar-refractivity contribution < 1.29 is 13.9 Å². The number of ether oxygens (including phenoxy) is 1. The van der Waals surface area contributed by atoms with Crippen LogP contribution < -0.4 is 15.4 Å². The highest BCUT2D eigenvalue weighted by atomic mass is 32.1. The number of aromatic nitrogens is 1. The molecule has 2 N–H and O–H groups in total. The first-order valence-electron chi connectivity index (χ1n) is 12.4. The minimum atomic E-state index is -0.316. The highest BCUT2D eigenvalue weighted by molar-refractivity contribution is 7.80. The Morgan fingerprint density at radius 3 is 2.49 bits per heavy atom. The van der Waals surface area contributed by atoms with Crippen LogP contribution in [0.5, 0.6) is 5.75 Å². The molecule has 0 spiro atoms. The average Bonchev–Trinajstić information content (AvgIpc) is 3.42. The number of benzene rings is 5. The number of carbonyl (C=O) groups excluding carboxylic acids is 1. The molecule has 7 heteroatoms. The van der Waals surface area contributed by atoms with E-state index in [1.54, 1.807) is 24.3 Å². The molecule has 1 amide bonds. The standard InChI is InChI=1S/C32H23N3O3S/c36-30(23-13-16-26(17-14-23)37-20-21-7-2-1-3-8-21)35-32(39)33-25-11-6-10-24(19-25)31-34-29-27-12-5-4-9-22(27)15-18-28(29)38-31/h1-19H,20H2,(H2,33,35,36,39). The molecule has 1 aromatic heterocycles. The molecule has 0 saturated carbocycles. The molecule has 0 aliphatic rings. The van der Waals surface area contributed by atoms with E-state index in [0.29, 0.717) is 29.5 Å². The second kappa shape index (κ2) is 10.8. The van der Waals surface area contributed by atoms with Crippen LogP contribution in [-0.4, -0.2) is 16.0 Å². The molecule has 6 aromatic rings. The van der Waals surface area contributed by atoms with E-state index in [-0.39, 0.29) is 11.0 Å². The van der Waals surface area contributed by atoms with Gasteiger partial charge in [0, 0.05) is 22.2 Å². The zero-order valence-electron chi connectivity index (χ0n) is 20.8. The third-order valence-electron chi connectivity index (χ3n) is 6.24. The van der Waals surface area contributed by atoms with E-state index in [1.807, 2.05) is 84.9 Å². The zero-order chi connectivity index (χ0) is 26.6. The topological polar surface area (TPSA) is 76.4 Å². The number of nitrogens with zero attached hydrogens (tertiary/aromatic N) is 1. The third-order valence-corrected chi connectivity index (χ3v) is 6.45. The molecule has 0 aliphatic carbocycles. The molecule has 0 bridgehead atoms. The first kappa shape index (κ1) is 24.3. The number of carbonyl (C=O) groups is 1. The van der Waals surface area contributed by atoms with Crippen molar-refractivity contribution in [1.29, 1.82) is 0 Å². The van der Waals surface area contributed by atoms with Crippen LogP contribution in [0.1, 0.15) is 15.9 Å². The Morgan fingerprint density at radius 2 is 1.64 bits per heavy atom. The van der Waals surface area contributed by atoms with Crippen molar-refractivity contribution in [3.8, 4) is 17.2 Å². The lowest BCUT2D eigenvalue weighted by molar-refractivity contribution is 0.0977. The number of rotatable bonds is 6. The van der Waals surface area contributed by atoms with Crippen LogP contribution in [0.4, 0.5) is 5.69 Å². The van der Waals surface area contributed by atoms with Crippen LogP contribution >= 0.6 is 12.2 Å². The van der Waals surface area contributed by atoms with Gasteiger partial charge in [-0.15, -0.1) is 0 Å². The summed E-state index contributed by atoms with van der Waals surface area (Å²) in [6.07, 6.45) is 0. The summed E-state index contributed by atoms with van der Waals surface area (Å²) in [5.41, 5.74) is 4.58. The van der Waals surface area contributed by atoms with Gasteiger partial charge in [0.05, 0.1) is 0 Å². The molecule has 0 atom stereocenters. The Balaban J connectivity index is 1.10. The quantitative estimate of drug-likeness (QED) is 0.220. The average molecular weight is 530 g/mol. The summed E-state index contributed by atoms with van der Waals surface area (Å²) < 4.78 is 11.8. The highest BCUT2D eigenvalue weighted by Crippen LogP contribution is 2.30. The lowest BCUT2D eigenvalue weighted by atomic mass is 10.1. The Labute approximate surface area is 230 Å². The summed E-state index contributed by atoms with van der Waals surface area (Å²) in [7, 11) is 0. The van der Waals surface area contributed by atoms with Crippen molar-refractivity contribution in [3.05, 3.63) is 126 Å². The van der Waals surface area contributed by atoms with Gasteiger partial charge in [0.15, 0.2) is 10.7 Å². The van der Waals surface area contributed by atoms with Gasteiger partial charge in [-0.3, -0.25) is 10.1 Å². The van der Waals surface area contributed by atoms with Crippen molar-refractivity contribution in [2.75, 3.05) is 5.32 Å². The maximum Gasteiger partial charge on any atom is 0.257 e. The second-order valence-corrected chi connectivity index (χ2v) is 9.35. The maximum absolute atomic E-state index is 12.7. The molecule has 1 heterocycles. The number of oxazole rings is 1. The summed E-state index contributed by atoms with van der Waals surface area (Å²) in [6.45, 7) is 0.458. The van der Waals surface area contributed by atoms with Gasteiger partial charge in [-0.05, 0) is 71.7 Å². The van der Waals surface area contributed by atoms with E-state index in [4.69, 9.17) is 26.4 Å². The van der Waals surface area contributed by atoms with E-state index in [0.717, 1.165) is 33.0 Å². The number of fused-ring (bicyclic) bond motifs is 3. The smallest absolute Gasteiger partial charge is 0.257 e. The van der Waals surface area contributed by atoms with Crippen LogP contribution in [-0.2, 0) is 6.61 Å². The predicted octanol–water partition coefficient (Wildman–Crippen LogP) is 7.35. The molecule has 6 nitrogen and oxygen atoms in total. The molecule has 5 aromatic carbocycles. The van der Waals surface area contributed by atoms with Gasteiger partial charge in [-0.25, -0.2) is 4.98 Å². The van der Waals surface area contributed by atoms with Gasteiger partial charge in [-0.1, -0.05) is 66.7 Å². The first-order valence-corrected chi connectivity index (χ1v) is 12.8. The molecule has 39 heavy (non-hydrogen) atoms. The van der Waals surface area contributed by atoms with E-state index < -0.39 is 0 Å². The van der Waals surface area contributed by atoms with Crippen molar-refractivity contribution in [2.45, 2.75) is 6.61 Å². The summed E-state index contributed by atoms with van der Waals surface area (Å²) in [6, 6.07) is 36.4. The van der Waals surface area contributed by atoms with Crippen LogP contribution in [0.3, 0.4) is 0 Å². The lowest BCUT2D eigenvalue weighted by Crippen LogP contribution is -2.34. The largest absolute Gasteiger partial charge is 0.489 e. The summed E-state index contributed by atoms with van der Waals surface area (Å²) in [5, 5.41) is 8.13. The van der Waals surface area contributed by atoms with Gasteiger partial charge in [-0.2, -0.15) is 0 Å². The Hall–Kier alpha value is -5.01. The fourth-order valence-electron chi connectivity index (χ4n) is 4.30.